The fraction of sp³-hybridized carbons (Fsp3) is 0.288. The van der Waals surface area contributed by atoms with E-state index in [4.69, 9.17) is 15.4 Å². The highest BCUT2D eigenvalue weighted by Crippen LogP contribution is 2.38. The van der Waals surface area contributed by atoms with Gasteiger partial charge in [0.1, 0.15) is 41.3 Å². The summed E-state index contributed by atoms with van der Waals surface area (Å²) in [4.78, 5) is 64.0. The average Bonchev–Trinajstić information content (AvgIpc) is 4.37. The van der Waals surface area contributed by atoms with Gasteiger partial charge in [0.2, 0.25) is 0 Å². The summed E-state index contributed by atoms with van der Waals surface area (Å²) in [6, 6.07) is 18.1. The lowest BCUT2D eigenvalue weighted by Gasteiger charge is -2.19. The second kappa shape index (κ2) is 28.0. The van der Waals surface area contributed by atoms with Gasteiger partial charge in [-0.25, -0.2) is 49.6 Å². The number of imidazole rings is 1. The number of hydroxylamine groups is 4. The molecule has 3 aromatic carbocycles. The van der Waals surface area contributed by atoms with E-state index in [1.54, 1.807) is 12.1 Å². The first-order chi connectivity index (χ1) is 38.8. The van der Waals surface area contributed by atoms with Crippen molar-refractivity contribution in [2.45, 2.75) is 85.7 Å². The minimum Gasteiger partial charge on any atom is -0.433 e. The number of urea groups is 2. The van der Waals surface area contributed by atoms with Crippen LogP contribution in [-0.4, -0.2) is 90.0 Å². The molecule has 19 nitrogen and oxygen atoms in total. The largest absolute Gasteiger partial charge is 0.433 e. The van der Waals surface area contributed by atoms with Crippen LogP contribution in [-0.2, 0) is 9.68 Å². The number of halogens is 2. The van der Waals surface area contributed by atoms with Gasteiger partial charge in [0.15, 0.2) is 5.65 Å². The molecule has 6 heterocycles. The molecule has 2 aliphatic carbocycles. The third-order valence-electron chi connectivity index (χ3n) is 12.7. The maximum absolute atomic E-state index is 12.9. The normalized spacial score (nSPS) is 14.2. The van der Waals surface area contributed by atoms with Crippen molar-refractivity contribution < 1.29 is 32.8 Å². The van der Waals surface area contributed by atoms with E-state index in [1.165, 1.54) is 67.1 Å². The molecule has 0 saturated carbocycles. The van der Waals surface area contributed by atoms with Crippen molar-refractivity contribution in [1.29, 1.82) is 0 Å². The number of alkyl halides is 2. The molecular formula is C59H66F2N14O5. The van der Waals surface area contributed by atoms with E-state index in [-0.39, 0.29) is 23.7 Å². The summed E-state index contributed by atoms with van der Waals surface area (Å²) in [5, 5.41) is 15.1. The highest BCUT2D eigenvalue weighted by atomic mass is 19.3. The molecule has 80 heavy (non-hydrogen) atoms. The number of aromatic amines is 1. The Labute approximate surface area is 463 Å². The molecule has 4 aromatic heterocycles. The number of carbonyl (C=O) groups is 2. The first-order valence-electron chi connectivity index (χ1n) is 26.4. The number of anilines is 7. The van der Waals surface area contributed by atoms with Crippen molar-refractivity contribution in [3.63, 3.8) is 0 Å². The van der Waals surface area contributed by atoms with Gasteiger partial charge in [0.25, 0.3) is 0 Å². The molecule has 7 aromatic rings. The van der Waals surface area contributed by atoms with Gasteiger partial charge in [0.05, 0.1) is 44.5 Å². The van der Waals surface area contributed by atoms with Crippen LogP contribution in [0, 0.1) is 20.8 Å². The van der Waals surface area contributed by atoms with E-state index in [0.717, 1.165) is 57.7 Å². The predicted molar refractivity (Wildman–Crippen MR) is 309 cm³/mol. The summed E-state index contributed by atoms with van der Waals surface area (Å²) in [6.07, 6.45) is 29.1. The van der Waals surface area contributed by atoms with Crippen molar-refractivity contribution in [1.82, 2.24) is 45.0 Å². The standard InChI is InChI=1S/C25H30N6O2.C22H20F2N8O3.2C6H8/c1-15(2)22-23(27-14-28-24(22)26)19-12-16(3)6-9-20(19)30-21-13-18(8-7-17(21)4)29-25(32)31-10-5-11-33-31;1-12-3-4-13(30-22(33)32-5-2-6-34-32)7-16(12)31-19-15(8-14(9-25-19)35-21(23)24)17-18-20(28-10-26-17)29-11-27-18;2*1-2-4-6-5-3-1/h6-9,12-15,30H,5,10-11H2,1-4H3,(H,29,32)(H2,26,27,28);3-4,7-11,21H,2,5-6H2,1H3,(H,25,31)(H,30,33)(H,26,27,28,29);2*1-4H,5-6H2. The smallest absolute Gasteiger partial charge is 0.387 e. The number of nitrogens with one attached hydrogen (secondary N) is 5. The lowest BCUT2D eigenvalue weighted by molar-refractivity contribution is -0.0614. The zero-order valence-corrected chi connectivity index (χ0v) is 45.4. The number of hydrogen-bond donors (Lipinski definition) is 6. The number of aromatic nitrogens is 7. The van der Waals surface area contributed by atoms with Crippen LogP contribution in [0.25, 0.3) is 33.7 Å². The Bertz CT molecular complexity index is 3320. The van der Waals surface area contributed by atoms with Gasteiger partial charge in [0, 0.05) is 45.1 Å². The van der Waals surface area contributed by atoms with Crippen molar-refractivity contribution in [2.75, 3.05) is 53.3 Å². The van der Waals surface area contributed by atoms with Gasteiger partial charge in [-0.05, 0) is 119 Å². The molecule has 2 saturated heterocycles. The summed E-state index contributed by atoms with van der Waals surface area (Å²) in [5.41, 5.74) is 17.3. The van der Waals surface area contributed by atoms with Crippen molar-refractivity contribution >= 4 is 63.3 Å². The summed E-state index contributed by atoms with van der Waals surface area (Å²) < 4.78 is 30.3. The molecule has 2 aliphatic heterocycles. The Kier molecular flexibility index (Phi) is 20.0. The number of carbonyl (C=O) groups excluding carboxylic acids is 2. The van der Waals surface area contributed by atoms with Crippen molar-refractivity contribution in [3.05, 3.63) is 157 Å². The van der Waals surface area contributed by atoms with Crippen LogP contribution in [0.4, 0.5) is 58.4 Å². The molecule has 11 rings (SSSR count). The van der Waals surface area contributed by atoms with Gasteiger partial charge in [-0.2, -0.15) is 8.78 Å². The number of pyridine rings is 1. The molecule has 4 aliphatic rings. The number of nitrogens with zero attached hydrogens (tertiary/aromatic N) is 8. The fourth-order valence-electron chi connectivity index (χ4n) is 8.63. The van der Waals surface area contributed by atoms with Gasteiger partial charge in [-0.15, -0.1) is 0 Å². The predicted octanol–water partition coefficient (Wildman–Crippen LogP) is 13.4. The number of rotatable bonds is 11. The van der Waals surface area contributed by atoms with Gasteiger partial charge in [-0.3, -0.25) is 9.68 Å². The van der Waals surface area contributed by atoms with Crippen LogP contribution < -0.4 is 31.7 Å². The van der Waals surface area contributed by atoms with E-state index in [0.29, 0.717) is 77.4 Å². The second-order valence-corrected chi connectivity index (χ2v) is 19.1. The Morgan fingerprint density at radius 2 is 1.24 bits per heavy atom. The molecule has 21 heteroatoms. The lowest BCUT2D eigenvalue weighted by Crippen LogP contribution is -2.31. The number of allylic oxidation sites excluding steroid dienone is 8. The average molecular weight is 1090 g/mol. The summed E-state index contributed by atoms with van der Waals surface area (Å²) in [5.74, 6) is 0.862. The van der Waals surface area contributed by atoms with E-state index in [1.807, 2.05) is 44.2 Å². The van der Waals surface area contributed by atoms with Gasteiger partial charge >= 0.3 is 18.7 Å². The molecule has 0 spiro atoms. The number of benzene rings is 3. The molecule has 4 amide bonds. The number of hydrogen-bond acceptors (Lipinski definition) is 14. The molecular weight excluding hydrogens is 1020 g/mol. The Balaban J connectivity index is 0.000000173. The number of fused-ring (bicyclic) bond motifs is 1. The summed E-state index contributed by atoms with van der Waals surface area (Å²) >= 11 is 0. The third kappa shape index (κ3) is 15.6. The van der Waals surface area contributed by atoms with Crippen LogP contribution in [0.2, 0.25) is 0 Å². The topological polar surface area (TPSA) is 236 Å². The van der Waals surface area contributed by atoms with E-state index in [2.05, 4.69) is 142 Å². The number of ether oxygens (including phenoxy) is 1. The highest BCUT2D eigenvalue weighted by Gasteiger charge is 2.23. The molecule has 0 unspecified atom stereocenters. The molecule has 7 N–H and O–H groups in total. The number of aryl methyl sites for hydroxylation is 3. The Hall–Kier alpha value is -9.08. The van der Waals surface area contributed by atoms with Crippen molar-refractivity contribution in [3.8, 4) is 28.3 Å². The lowest BCUT2D eigenvalue weighted by atomic mass is 9.95. The third-order valence-corrected chi connectivity index (χ3v) is 12.7. The van der Waals surface area contributed by atoms with Crippen LogP contribution in [0.5, 0.6) is 5.75 Å². The number of nitrogens with two attached hydrogens (primary N) is 1. The van der Waals surface area contributed by atoms with E-state index < -0.39 is 6.61 Å². The summed E-state index contributed by atoms with van der Waals surface area (Å²) in [7, 11) is 0. The SMILES string of the molecule is C1=CCCC=C1.C1=CCCC=C1.Cc1ccc(NC(=O)N2CCCO2)cc1Nc1ncc(OC(F)F)cc1-c1ncnc2nc[nH]c12.Cc1ccc(Nc2cc(NC(=O)N3CCCO3)ccc2C)c(-c2ncnc(N)c2C(C)C)c1. The zero-order valence-electron chi connectivity index (χ0n) is 45.4. The molecule has 0 atom stereocenters. The van der Waals surface area contributed by atoms with Crippen LogP contribution in [0.15, 0.2) is 134 Å². The second-order valence-electron chi connectivity index (χ2n) is 19.1. The van der Waals surface area contributed by atoms with Crippen LogP contribution in [0.3, 0.4) is 0 Å². The molecule has 416 valence electrons. The van der Waals surface area contributed by atoms with Gasteiger partial charge < -0.3 is 36.7 Å². The molecule has 2 fully saturated rings. The zero-order chi connectivity index (χ0) is 56.4. The molecule has 0 bridgehead atoms. The Morgan fingerprint density at radius 1 is 0.662 bits per heavy atom. The van der Waals surface area contributed by atoms with E-state index in [9.17, 15) is 18.4 Å². The maximum Gasteiger partial charge on any atom is 0.387 e. The van der Waals surface area contributed by atoms with E-state index >= 15 is 0 Å². The fourth-order valence-corrected chi connectivity index (χ4v) is 8.63. The number of amides is 4. The molecule has 0 radical (unpaired) electrons. The summed E-state index contributed by atoms with van der Waals surface area (Å²) in [6.45, 7) is 9.29. The first kappa shape index (κ1) is 57.1. The Morgan fingerprint density at radius 3 is 1.77 bits per heavy atom. The monoisotopic (exact) mass is 1090 g/mol. The highest BCUT2D eigenvalue weighted by molar-refractivity contribution is 5.94. The van der Waals surface area contributed by atoms with Crippen molar-refractivity contribution in [2.24, 2.45) is 0 Å². The van der Waals surface area contributed by atoms with Crippen LogP contribution >= 0.6 is 0 Å². The number of nitrogen functional groups attached to an aromatic ring is 1. The van der Waals surface area contributed by atoms with Crippen LogP contribution in [0.1, 0.15) is 80.5 Å². The number of H-pyrrole nitrogens is 1. The quantitative estimate of drug-likeness (QED) is 0.0707. The van der Waals surface area contributed by atoms with Gasteiger partial charge in [-0.1, -0.05) is 86.2 Å². The maximum atomic E-state index is 12.9. The minimum absolute atomic E-state index is 0.129. The first-order valence-corrected chi connectivity index (χ1v) is 26.4. The minimum atomic E-state index is -3.01.